The zero-order chi connectivity index (χ0) is 19.4. The lowest BCUT2D eigenvalue weighted by atomic mass is 10.0. The smallest absolute Gasteiger partial charge is 0.324 e. The number of rotatable bonds is 6. The second kappa shape index (κ2) is 8.39. The molecule has 1 fully saturated rings. The molecule has 0 unspecified atom stereocenters. The second-order valence-electron chi connectivity index (χ2n) is 7.10. The van der Waals surface area contributed by atoms with Crippen LogP contribution in [0.5, 0.6) is 0 Å². The fraction of sp³-hybridized carbons (Fsp3) is 0.526. The van der Waals surface area contributed by atoms with Crippen molar-refractivity contribution in [2.75, 3.05) is 51.2 Å². The number of anilines is 1. The molecule has 3 amide bonds. The molecule has 0 radical (unpaired) electrons. The molecule has 1 aromatic carbocycles. The van der Waals surface area contributed by atoms with Gasteiger partial charge in [0.05, 0.1) is 0 Å². The number of fused-ring (bicyclic) bond motifs is 1. The monoisotopic (exact) mass is 374 g/mol. The molecule has 2 N–H and O–H groups in total. The van der Waals surface area contributed by atoms with Gasteiger partial charge in [0.2, 0.25) is 5.91 Å². The summed E-state index contributed by atoms with van der Waals surface area (Å²) < 4.78 is 0. The predicted molar refractivity (Wildman–Crippen MR) is 101 cm³/mol. The lowest BCUT2D eigenvalue weighted by Gasteiger charge is -2.20. The van der Waals surface area contributed by atoms with Crippen LogP contribution in [-0.2, 0) is 22.4 Å². The molecule has 1 saturated heterocycles. The third-order valence-corrected chi connectivity index (χ3v) is 5.17. The Morgan fingerprint density at radius 3 is 2.59 bits per heavy atom. The lowest BCUT2D eigenvalue weighted by Crippen LogP contribution is -2.36. The summed E-state index contributed by atoms with van der Waals surface area (Å²) in [5.74, 6) is -1.45. The number of hydrogen-bond acceptors (Lipinski definition) is 4. The van der Waals surface area contributed by atoms with Crippen LogP contribution >= 0.6 is 0 Å². The van der Waals surface area contributed by atoms with Crippen molar-refractivity contribution in [2.45, 2.75) is 19.3 Å². The lowest BCUT2D eigenvalue weighted by molar-refractivity contribution is -0.137. The first-order valence-corrected chi connectivity index (χ1v) is 9.29. The summed E-state index contributed by atoms with van der Waals surface area (Å²) in [6.07, 6.45) is 2.11. The van der Waals surface area contributed by atoms with Crippen LogP contribution in [0.15, 0.2) is 18.2 Å². The Labute approximate surface area is 158 Å². The Hall–Kier alpha value is -2.61. The first-order valence-electron chi connectivity index (χ1n) is 9.29. The molecule has 0 saturated carbocycles. The summed E-state index contributed by atoms with van der Waals surface area (Å²) in [6, 6.07) is 6.14. The Kier molecular flexibility index (Phi) is 5.95. The topological polar surface area (TPSA) is 93.2 Å². The molecule has 0 aliphatic carbocycles. The van der Waals surface area contributed by atoms with Gasteiger partial charge in [0.25, 0.3) is 0 Å². The summed E-state index contributed by atoms with van der Waals surface area (Å²) in [6.45, 7) is 3.10. The zero-order valence-corrected chi connectivity index (χ0v) is 15.6. The second-order valence-corrected chi connectivity index (χ2v) is 7.10. The molecule has 1 aromatic rings. The largest absolute Gasteiger partial charge is 0.480 e. The minimum Gasteiger partial charge on any atom is -0.480 e. The van der Waals surface area contributed by atoms with Crippen LogP contribution in [0.3, 0.4) is 0 Å². The summed E-state index contributed by atoms with van der Waals surface area (Å²) in [7, 11) is 2.13. The van der Waals surface area contributed by atoms with Crippen molar-refractivity contribution >= 4 is 23.6 Å². The maximum atomic E-state index is 12.7. The average molecular weight is 374 g/mol. The summed E-state index contributed by atoms with van der Waals surface area (Å²) in [5, 5.41) is 10.9. The van der Waals surface area contributed by atoms with Crippen molar-refractivity contribution < 1.29 is 19.5 Å². The van der Waals surface area contributed by atoms with Crippen LogP contribution in [-0.4, -0.2) is 79.1 Å². The normalized spacial score (nSPS) is 17.6. The number of benzene rings is 1. The van der Waals surface area contributed by atoms with Gasteiger partial charge in [-0.05, 0) is 43.1 Å². The standard InChI is InChI=1S/C19H26N4O4/c1-21-7-4-14-2-3-16(12-15(14)5-8-21)23-11-10-22(19(23)27)9-6-17(24)20-13-18(25)26/h2-3,12H,4-11,13H2,1H3,(H,20,24)(H,25,26). The first kappa shape index (κ1) is 19.2. The van der Waals surface area contributed by atoms with Gasteiger partial charge in [0.1, 0.15) is 6.54 Å². The van der Waals surface area contributed by atoms with Gasteiger partial charge in [-0.3, -0.25) is 14.5 Å². The molecule has 2 aliphatic rings. The van der Waals surface area contributed by atoms with Gasteiger partial charge in [-0.2, -0.15) is 0 Å². The summed E-state index contributed by atoms with van der Waals surface area (Å²) in [5.41, 5.74) is 3.55. The highest BCUT2D eigenvalue weighted by molar-refractivity contribution is 5.94. The number of nitrogens with zero attached hydrogens (tertiary/aromatic N) is 3. The van der Waals surface area contributed by atoms with Crippen molar-refractivity contribution in [3.8, 4) is 0 Å². The average Bonchev–Trinajstić information content (AvgIpc) is 2.91. The molecule has 27 heavy (non-hydrogen) atoms. The Bertz CT molecular complexity index is 736. The number of urea groups is 1. The molecular formula is C19H26N4O4. The molecular weight excluding hydrogens is 348 g/mol. The maximum absolute atomic E-state index is 12.7. The molecule has 146 valence electrons. The van der Waals surface area contributed by atoms with E-state index in [9.17, 15) is 14.4 Å². The summed E-state index contributed by atoms with van der Waals surface area (Å²) in [4.78, 5) is 40.5. The number of carbonyl (C=O) groups excluding carboxylic acids is 2. The van der Waals surface area contributed by atoms with Gasteiger partial charge < -0.3 is 20.2 Å². The van der Waals surface area contributed by atoms with E-state index in [4.69, 9.17) is 5.11 Å². The molecule has 0 atom stereocenters. The molecule has 8 nitrogen and oxygen atoms in total. The maximum Gasteiger partial charge on any atom is 0.324 e. The number of amides is 3. The number of aliphatic carboxylic acids is 1. The fourth-order valence-corrected chi connectivity index (χ4v) is 3.52. The number of carbonyl (C=O) groups is 3. The number of nitrogens with one attached hydrogen (secondary N) is 1. The minimum absolute atomic E-state index is 0.101. The minimum atomic E-state index is -1.08. The van der Waals surface area contributed by atoms with Crippen LogP contribution in [0.4, 0.5) is 10.5 Å². The number of likely N-dealkylation sites (N-methyl/N-ethyl adjacent to an activating group) is 1. The molecule has 0 aromatic heterocycles. The molecule has 3 rings (SSSR count). The van der Waals surface area contributed by atoms with Crippen molar-refractivity contribution in [1.29, 1.82) is 0 Å². The van der Waals surface area contributed by atoms with E-state index in [2.05, 4.69) is 29.4 Å². The first-order chi connectivity index (χ1) is 12.9. The molecule has 2 aliphatic heterocycles. The van der Waals surface area contributed by atoms with E-state index in [1.165, 1.54) is 11.1 Å². The van der Waals surface area contributed by atoms with Crippen LogP contribution in [0.25, 0.3) is 0 Å². The quantitative estimate of drug-likeness (QED) is 0.759. The van der Waals surface area contributed by atoms with E-state index >= 15 is 0 Å². The van der Waals surface area contributed by atoms with E-state index in [0.29, 0.717) is 13.1 Å². The molecule has 0 spiro atoms. The predicted octanol–water partition coefficient (Wildman–Crippen LogP) is 0.550. The Morgan fingerprint density at radius 1 is 1.11 bits per heavy atom. The third-order valence-electron chi connectivity index (χ3n) is 5.17. The van der Waals surface area contributed by atoms with Crippen molar-refractivity contribution in [3.05, 3.63) is 29.3 Å². The number of hydrogen-bond donors (Lipinski definition) is 2. The van der Waals surface area contributed by atoms with Gasteiger partial charge in [-0.15, -0.1) is 0 Å². The van der Waals surface area contributed by atoms with Gasteiger partial charge in [0, 0.05) is 44.8 Å². The highest BCUT2D eigenvalue weighted by Gasteiger charge is 2.30. The molecule has 0 bridgehead atoms. The van der Waals surface area contributed by atoms with Crippen molar-refractivity contribution in [1.82, 2.24) is 15.1 Å². The van der Waals surface area contributed by atoms with E-state index in [1.54, 1.807) is 9.80 Å². The van der Waals surface area contributed by atoms with Crippen LogP contribution in [0.2, 0.25) is 0 Å². The fourth-order valence-electron chi connectivity index (χ4n) is 3.52. The third kappa shape index (κ3) is 4.77. The van der Waals surface area contributed by atoms with Gasteiger partial charge in [0.15, 0.2) is 0 Å². The Morgan fingerprint density at radius 2 is 1.85 bits per heavy atom. The van der Waals surface area contributed by atoms with E-state index < -0.39 is 12.5 Å². The van der Waals surface area contributed by atoms with Crippen molar-refractivity contribution in [3.63, 3.8) is 0 Å². The number of carboxylic acid groups (broad SMARTS) is 1. The Balaban J connectivity index is 1.58. The highest BCUT2D eigenvalue weighted by Crippen LogP contribution is 2.25. The van der Waals surface area contributed by atoms with Gasteiger partial charge in [-0.25, -0.2) is 4.79 Å². The van der Waals surface area contributed by atoms with Crippen molar-refractivity contribution in [2.24, 2.45) is 0 Å². The van der Waals surface area contributed by atoms with Gasteiger partial charge >= 0.3 is 12.0 Å². The van der Waals surface area contributed by atoms with Gasteiger partial charge in [-0.1, -0.05) is 6.07 Å². The zero-order valence-electron chi connectivity index (χ0n) is 15.6. The number of carboxylic acids is 1. The molecule has 8 heteroatoms. The van der Waals surface area contributed by atoms with Crippen LogP contribution < -0.4 is 10.2 Å². The van der Waals surface area contributed by atoms with E-state index in [1.807, 2.05) is 6.07 Å². The highest BCUT2D eigenvalue weighted by atomic mass is 16.4. The summed E-state index contributed by atoms with van der Waals surface area (Å²) >= 11 is 0. The van der Waals surface area contributed by atoms with Crippen LogP contribution in [0.1, 0.15) is 17.5 Å². The van der Waals surface area contributed by atoms with E-state index in [0.717, 1.165) is 31.6 Å². The molecule has 2 heterocycles. The van der Waals surface area contributed by atoms with Crippen LogP contribution in [0, 0.1) is 0 Å². The van der Waals surface area contributed by atoms with E-state index in [-0.39, 0.29) is 24.9 Å². The SMILES string of the molecule is CN1CCc2ccc(N3CCN(CCC(=O)NCC(=O)O)C3=O)cc2CC1.